The standard InChI is InChI=1S/C17H14F2N2.H4N2O2S/c1-12-7-9-13(10-8-12)16-11-15(17(18)19)20-21(16)14-5-3-2-4-6-14;1-5(2,3)4/h2-11,17H,1H3;(H4,1,2,3,4). The Labute approximate surface area is 150 Å². The SMILES string of the molecule is Cc1ccc(-c2cc(C(F)F)nn2-c2ccccc2)cc1.NS(N)(=O)=O. The summed E-state index contributed by atoms with van der Waals surface area (Å²) in [6.45, 7) is 1.99. The van der Waals surface area contributed by atoms with Crippen LogP contribution in [0.1, 0.15) is 17.7 Å². The van der Waals surface area contributed by atoms with E-state index in [9.17, 15) is 17.2 Å². The zero-order valence-electron chi connectivity index (χ0n) is 13.9. The van der Waals surface area contributed by atoms with Gasteiger partial charge in [0.15, 0.2) is 0 Å². The van der Waals surface area contributed by atoms with Crippen molar-refractivity contribution in [1.82, 2.24) is 9.78 Å². The molecule has 0 bridgehead atoms. The van der Waals surface area contributed by atoms with Gasteiger partial charge in [-0.3, -0.25) is 0 Å². The highest BCUT2D eigenvalue weighted by atomic mass is 32.2. The summed E-state index contributed by atoms with van der Waals surface area (Å²) in [5.41, 5.74) is 3.20. The Morgan fingerprint density at radius 3 is 2.04 bits per heavy atom. The molecule has 6 nitrogen and oxygen atoms in total. The topological polar surface area (TPSA) is 104 Å². The van der Waals surface area contributed by atoms with Crippen LogP contribution < -0.4 is 10.3 Å². The average Bonchev–Trinajstić information content (AvgIpc) is 3.00. The van der Waals surface area contributed by atoms with Crippen LogP contribution in [0, 0.1) is 6.92 Å². The number of hydrogen-bond donors (Lipinski definition) is 2. The second kappa shape index (κ2) is 8.17. The van der Waals surface area contributed by atoms with Crippen molar-refractivity contribution in [3.05, 3.63) is 71.9 Å². The second-order valence-electron chi connectivity index (χ2n) is 5.46. The van der Waals surface area contributed by atoms with Crippen LogP contribution >= 0.6 is 0 Å². The maximum Gasteiger partial charge on any atom is 0.282 e. The van der Waals surface area contributed by atoms with Gasteiger partial charge < -0.3 is 0 Å². The molecule has 0 aliphatic rings. The van der Waals surface area contributed by atoms with Crippen molar-refractivity contribution in [2.24, 2.45) is 10.3 Å². The van der Waals surface area contributed by atoms with E-state index < -0.39 is 16.6 Å². The number of hydrogen-bond acceptors (Lipinski definition) is 3. The Kier molecular flexibility index (Phi) is 6.19. The van der Waals surface area contributed by atoms with E-state index in [1.165, 1.54) is 6.07 Å². The summed E-state index contributed by atoms with van der Waals surface area (Å²) < 4.78 is 45.9. The molecule has 3 aromatic rings. The molecule has 0 aliphatic carbocycles. The zero-order valence-corrected chi connectivity index (χ0v) is 14.7. The van der Waals surface area contributed by atoms with Gasteiger partial charge in [-0.2, -0.15) is 13.5 Å². The molecule has 138 valence electrons. The van der Waals surface area contributed by atoms with Gasteiger partial charge in [0.05, 0.1) is 11.4 Å². The molecule has 1 aromatic heterocycles. The smallest absolute Gasteiger partial charge is 0.233 e. The molecule has 0 atom stereocenters. The van der Waals surface area contributed by atoms with Crippen LogP contribution in [0.4, 0.5) is 8.78 Å². The van der Waals surface area contributed by atoms with E-state index in [2.05, 4.69) is 15.4 Å². The minimum Gasteiger partial charge on any atom is -0.233 e. The largest absolute Gasteiger partial charge is 0.282 e. The molecule has 0 saturated carbocycles. The van der Waals surface area contributed by atoms with E-state index in [1.807, 2.05) is 61.5 Å². The minimum absolute atomic E-state index is 0.213. The molecule has 0 saturated heterocycles. The Balaban J connectivity index is 0.000000431. The predicted octanol–water partition coefficient (Wildman–Crippen LogP) is 2.93. The van der Waals surface area contributed by atoms with E-state index in [0.29, 0.717) is 5.69 Å². The molecule has 0 fully saturated rings. The monoisotopic (exact) mass is 380 g/mol. The molecule has 0 spiro atoms. The lowest BCUT2D eigenvalue weighted by molar-refractivity contribution is 0.145. The molecule has 0 aliphatic heterocycles. The molecular weight excluding hydrogens is 362 g/mol. The van der Waals surface area contributed by atoms with Gasteiger partial charge in [-0.25, -0.2) is 23.7 Å². The number of para-hydroxylation sites is 1. The lowest BCUT2D eigenvalue weighted by Gasteiger charge is -2.07. The summed E-state index contributed by atoms with van der Waals surface area (Å²) >= 11 is 0. The number of aryl methyl sites for hydroxylation is 1. The Hall–Kier alpha value is -2.62. The fraction of sp³-hybridized carbons (Fsp3) is 0.118. The molecule has 1 heterocycles. The number of benzene rings is 2. The summed E-state index contributed by atoms with van der Waals surface area (Å²) in [5.74, 6) is 0. The number of nitrogens with zero attached hydrogens (tertiary/aromatic N) is 2. The normalized spacial score (nSPS) is 11.2. The van der Waals surface area contributed by atoms with Crippen LogP contribution in [0.2, 0.25) is 0 Å². The van der Waals surface area contributed by atoms with Crippen LogP contribution in [0.25, 0.3) is 16.9 Å². The number of aromatic nitrogens is 2. The maximum absolute atomic E-state index is 13.0. The molecule has 0 unspecified atom stereocenters. The third-order valence-corrected chi connectivity index (χ3v) is 3.30. The zero-order chi connectivity index (χ0) is 19.3. The molecule has 26 heavy (non-hydrogen) atoms. The van der Waals surface area contributed by atoms with Crippen LogP contribution in [-0.4, -0.2) is 18.2 Å². The van der Waals surface area contributed by atoms with Crippen LogP contribution in [-0.2, 0) is 10.2 Å². The van der Waals surface area contributed by atoms with E-state index in [0.717, 1.165) is 16.8 Å². The third kappa shape index (κ3) is 5.73. The summed E-state index contributed by atoms with van der Waals surface area (Å²) in [7, 11) is -3.67. The summed E-state index contributed by atoms with van der Waals surface area (Å²) in [5, 5.41) is 12.3. The number of rotatable bonds is 3. The van der Waals surface area contributed by atoms with Crippen molar-refractivity contribution in [3.8, 4) is 16.9 Å². The number of alkyl halides is 2. The first-order valence-electron chi connectivity index (χ1n) is 7.46. The van der Waals surface area contributed by atoms with Crippen molar-refractivity contribution in [1.29, 1.82) is 0 Å². The van der Waals surface area contributed by atoms with Crippen molar-refractivity contribution >= 4 is 10.2 Å². The quantitative estimate of drug-likeness (QED) is 0.730. The van der Waals surface area contributed by atoms with E-state index in [-0.39, 0.29) is 5.69 Å². The van der Waals surface area contributed by atoms with Gasteiger partial charge in [-0.05, 0) is 25.1 Å². The molecule has 9 heteroatoms. The van der Waals surface area contributed by atoms with Gasteiger partial charge in [0.2, 0.25) is 0 Å². The Morgan fingerprint density at radius 2 is 1.54 bits per heavy atom. The number of nitrogens with two attached hydrogens (primary N) is 2. The summed E-state index contributed by atoms with van der Waals surface area (Å²) in [4.78, 5) is 0. The maximum atomic E-state index is 13.0. The van der Waals surface area contributed by atoms with Crippen molar-refractivity contribution in [2.75, 3.05) is 0 Å². The minimum atomic E-state index is -3.67. The second-order valence-corrected chi connectivity index (χ2v) is 6.64. The summed E-state index contributed by atoms with van der Waals surface area (Å²) in [6, 6.07) is 18.5. The van der Waals surface area contributed by atoms with E-state index in [1.54, 1.807) is 4.68 Å². The molecule has 2 aromatic carbocycles. The molecule has 0 radical (unpaired) electrons. The summed E-state index contributed by atoms with van der Waals surface area (Å²) in [6.07, 6.45) is -2.58. The fourth-order valence-electron chi connectivity index (χ4n) is 2.20. The third-order valence-electron chi connectivity index (χ3n) is 3.30. The van der Waals surface area contributed by atoms with Gasteiger partial charge in [0.1, 0.15) is 5.69 Å². The van der Waals surface area contributed by atoms with Crippen LogP contribution in [0.3, 0.4) is 0 Å². The highest BCUT2D eigenvalue weighted by Gasteiger charge is 2.17. The molecule has 4 N–H and O–H groups in total. The first-order valence-corrected chi connectivity index (χ1v) is 9.07. The van der Waals surface area contributed by atoms with Gasteiger partial charge in [-0.1, -0.05) is 48.0 Å². The predicted molar refractivity (Wildman–Crippen MR) is 96.0 cm³/mol. The highest BCUT2D eigenvalue weighted by molar-refractivity contribution is 7.86. The Bertz CT molecular complexity index is 948. The van der Waals surface area contributed by atoms with Crippen LogP contribution in [0.15, 0.2) is 60.7 Å². The van der Waals surface area contributed by atoms with E-state index >= 15 is 0 Å². The van der Waals surface area contributed by atoms with Gasteiger partial charge in [0, 0.05) is 5.56 Å². The van der Waals surface area contributed by atoms with Crippen LogP contribution in [0.5, 0.6) is 0 Å². The molecule has 0 amide bonds. The number of halogens is 2. The first kappa shape index (κ1) is 19.7. The lowest BCUT2D eigenvalue weighted by atomic mass is 10.1. The lowest BCUT2D eigenvalue weighted by Crippen LogP contribution is -2.21. The first-order chi connectivity index (χ1) is 12.1. The van der Waals surface area contributed by atoms with Crippen molar-refractivity contribution in [2.45, 2.75) is 13.3 Å². The van der Waals surface area contributed by atoms with Gasteiger partial charge >= 0.3 is 0 Å². The fourth-order valence-corrected chi connectivity index (χ4v) is 2.20. The molecule has 3 rings (SSSR count). The Morgan fingerprint density at radius 1 is 1.00 bits per heavy atom. The van der Waals surface area contributed by atoms with Gasteiger partial charge in [0.25, 0.3) is 16.6 Å². The van der Waals surface area contributed by atoms with Crippen molar-refractivity contribution in [3.63, 3.8) is 0 Å². The highest BCUT2D eigenvalue weighted by Crippen LogP contribution is 2.28. The van der Waals surface area contributed by atoms with Crippen molar-refractivity contribution < 1.29 is 17.2 Å². The molecular formula is C17H18F2N4O2S. The average molecular weight is 380 g/mol. The van der Waals surface area contributed by atoms with E-state index in [4.69, 9.17) is 0 Å². The van der Waals surface area contributed by atoms with Gasteiger partial charge in [-0.15, -0.1) is 0 Å².